The number of ether oxygens (including phenoxy) is 1. The van der Waals surface area contributed by atoms with Crippen molar-refractivity contribution in [3.05, 3.63) is 0 Å². The SMILES string of the molecule is CNC(CCN(C)CCOCC1CC1)C(C)(C)C. The Morgan fingerprint density at radius 2 is 1.94 bits per heavy atom. The van der Waals surface area contributed by atoms with Gasteiger partial charge in [0.25, 0.3) is 0 Å². The zero-order valence-electron chi connectivity index (χ0n) is 13.0. The van der Waals surface area contributed by atoms with Gasteiger partial charge in [-0.25, -0.2) is 0 Å². The first-order valence-corrected chi connectivity index (χ1v) is 7.37. The van der Waals surface area contributed by atoms with E-state index >= 15 is 0 Å². The first-order valence-electron chi connectivity index (χ1n) is 7.37. The van der Waals surface area contributed by atoms with Crippen molar-refractivity contribution >= 4 is 0 Å². The average molecular weight is 256 g/mol. The van der Waals surface area contributed by atoms with Crippen molar-refractivity contribution < 1.29 is 4.74 Å². The molecule has 0 saturated heterocycles. The second kappa shape index (κ2) is 7.46. The van der Waals surface area contributed by atoms with E-state index in [0.29, 0.717) is 11.5 Å². The molecule has 1 saturated carbocycles. The molecule has 18 heavy (non-hydrogen) atoms. The summed E-state index contributed by atoms with van der Waals surface area (Å²) in [6.45, 7) is 10.9. The van der Waals surface area contributed by atoms with Gasteiger partial charge in [-0.2, -0.15) is 0 Å². The highest BCUT2D eigenvalue weighted by Crippen LogP contribution is 2.28. The molecule has 1 fully saturated rings. The average Bonchev–Trinajstić information content (AvgIpc) is 3.07. The Kier molecular flexibility index (Phi) is 6.61. The van der Waals surface area contributed by atoms with Gasteiger partial charge in [0.05, 0.1) is 6.61 Å². The minimum atomic E-state index is 0.331. The molecule has 1 aliphatic carbocycles. The Morgan fingerprint density at radius 1 is 1.28 bits per heavy atom. The molecule has 3 heteroatoms. The second-order valence-electron chi connectivity index (χ2n) is 6.82. The van der Waals surface area contributed by atoms with E-state index in [1.807, 2.05) is 0 Å². The van der Waals surface area contributed by atoms with Crippen molar-refractivity contribution in [2.75, 3.05) is 40.4 Å². The molecular weight excluding hydrogens is 224 g/mol. The Bertz CT molecular complexity index is 221. The van der Waals surface area contributed by atoms with Crippen molar-refractivity contribution in [2.45, 2.75) is 46.1 Å². The summed E-state index contributed by atoms with van der Waals surface area (Å²) in [7, 11) is 4.25. The summed E-state index contributed by atoms with van der Waals surface area (Å²) in [6, 6.07) is 0.576. The predicted molar refractivity (Wildman–Crippen MR) is 78.0 cm³/mol. The third-order valence-corrected chi connectivity index (χ3v) is 3.86. The molecule has 1 rings (SSSR count). The number of rotatable bonds is 9. The van der Waals surface area contributed by atoms with Crippen molar-refractivity contribution in [3.8, 4) is 0 Å². The van der Waals surface area contributed by atoms with Crippen molar-refractivity contribution in [1.82, 2.24) is 10.2 Å². The van der Waals surface area contributed by atoms with Crippen LogP contribution in [0, 0.1) is 11.3 Å². The molecule has 0 heterocycles. The zero-order chi connectivity index (χ0) is 13.6. The maximum absolute atomic E-state index is 5.67. The Morgan fingerprint density at radius 3 is 2.44 bits per heavy atom. The van der Waals surface area contributed by atoms with Gasteiger partial charge in [-0.15, -0.1) is 0 Å². The van der Waals surface area contributed by atoms with E-state index in [4.69, 9.17) is 4.74 Å². The van der Waals surface area contributed by atoms with Crippen LogP contribution in [0.1, 0.15) is 40.0 Å². The molecule has 0 spiro atoms. The van der Waals surface area contributed by atoms with Gasteiger partial charge in [0.15, 0.2) is 0 Å². The first-order chi connectivity index (χ1) is 8.43. The summed E-state index contributed by atoms with van der Waals surface area (Å²) in [5.41, 5.74) is 0.331. The maximum atomic E-state index is 5.67. The summed E-state index contributed by atoms with van der Waals surface area (Å²) in [5.74, 6) is 0.880. The third-order valence-electron chi connectivity index (χ3n) is 3.86. The molecule has 3 nitrogen and oxygen atoms in total. The molecule has 1 aliphatic rings. The summed E-state index contributed by atoms with van der Waals surface area (Å²) in [6.07, 6.45) is 3.95. The molecule has 0 aliphatic heterocycles. The summed E-state index contributed by atoms with van der Waals surface area (Å²) in [5, 5.41) is 3.43. The van der Waals surface area contributed by atoms with E-state index in [9.17, 15) is 0 Å². The number of nitrogens with zero attached hydrogens (tertiary/aromatic N) is 1. The molecule has 108 valence electrons. The second-order valence-corrected chi connectivity index (χ2v) is 6.82. The predicted octanol–water partition coefficient (Wildman–Crippen LogP) is 2.37. The summed E-state index contributed by atoms with van der Waals surface area (Å²) in [4.78, 5) is 2.38. The highest BCUT2D eigenvalue weighted by atomic mass is 16.5. The molecule has 0 aromatic rings. The van der Waals surface area contributed by atoms with Crippen LogP contribution in [0.2, 0.25) is 0 Å². The van der Waals surface area contributed by atoms with Crippen LogP contribution in [0.4, 0.5) is 0 Å². The number of nitrogens with one attached hydrogen (secondary N) is 1. The molecule has 1 atom stereocenters. The lowest BCUT2D eigenvalue weighted by molar-refractivity contribution is 0.101. The molecule has 0 amide bonds. The maximum Gasteiger partial charge on any atom is 0.0593 e. The normalized spacial score (nSPS) is 18.3. The monoisotopic (exact) mass is 256 g/mol. The van der Waals surface area contributed by atoms with E-state index in [2.05, 4.69) is 45.1 Å². The quantitative estimate of drug-likeness (QED) is 0.641. The van der Waals surface area contributed by atoms with Gasteiger partial charge < -0.3 is 15.0 Å². The molecule has 1 N–H and O–H groups in total. The van der Waals surface area contributed by atoms with E-state index in [-0.39, 0.29) is 0 Å². The molecule has 0 aromatic carbocycles. The fraction of sp³-hybridized carbons (Fsp3) is 1.00. The van der Waals surface area contributed by atoms with E-state index in [1.54, 1.807) is 0 Å². The lowest BCUT2D eigenvalue weighted by Gasteiger charge is -2.31. The van der Waals surface area contributed by atoms with Crippen LogP contribution in [0.25, 0.3) is 0 Å². The number of hydrogen-bond donors (Lipinski definition) is 1. The van der Waals surface area contributed by atoms with Crippen LogP contribution in [-0.4, -0.2) is 51.3 Å². The molecule has 0 aromatic heterocycles. The smallest absolute Gasteiger partial charge is 0.0593 e. The minimum Gasteiger partial charge on any atom is -0.380 e. The van der Waals surface area contributed by atoms with Crippen LogP contribution < -0.4 is 5.32 Å². The first kappa shape index (κ1) is 15.9. The van der Waals surface area contributed by atoms with Crippen molar-refractivity contribution in [1.29, 1.82) is 0 Å². The van der Waals surface area contributed by atoms with Gasteiger partial charge in [-0.1, -0.05) is 20.8 Å². The van der Waals surface area contributed by atoms with Gasteiger partial charge in [-0.3, -0.25) is 0 Å². The Labute approximate surface area is 113 Å². The van der Waals surface area contributed by atoms with E-state index < -0.39 is 0 Å². The van der Waals surface area contributed by atoms with Crippen LogP contribution in [0.3, 0.4) is 0 Å². The van der Waals surface area contributed by atoms with Crippen molar-refractivity contribution in [3.63, 3.8) is 0 Å². The topological polar surface area (TPSA) is 24.5 Å². The van der Waals surface area contributed by atoms with Crippen LogP contribution in [0.15, 0.2) is 0 Å². The Balaban J connectivity index is 2.05. The molecule has 1 unspecified atom stereocenters. The standard InChI is InChI=1S/C15H32N2O/c1-15(2,3)14(16-4)8-9-17(5)10-11-18-12-13-6-7-13/h13-14,16H,6-12H2,1-5H3. The van der Waals surface area contributed by atoms with Gasteiger partial charge in [0.1, 0.15) is 0 Å². The van der Waals surface area contributed by atoms with Gasteiger partial charge >= 0.3 is 0 Å². The summed E-state index contributed by atoms with van der Waals surface area (Å²) < 4.78 is 5.67. The fourth-order valence-electron chi connectivity index (χ4n) is 2.23. The third kappa shape index (κ3) is 6.72. The zero-order valence-corrected chi connectivity index (χ0v) is 13.0. The molecule has 0 bridgehead atoms. The van der Waals surface area contributed by atoms with Gasteiger partial charge in [0, 0.05) is 19.2 Å². The van der Waals surface area contributed by atoms with E-state index in [0.717, 1.165) is 32.2 Å². The Hall–Kier alpha value is -0.120. The van der Waals surface area contributed by atoms with Crippen molar-refractivity contribution in [2.24, 2.45) is 11.3 Å². The lowest BCUT2D eigenvalue weighted by atomic mass is 9.85. The highest BCUT2D eigenvalue weighted by Gasteiger charge is 2.23. The van der Waals surface area contributed by atoms with Crippen LogP contribution in [0.5, 0.6) is 0 Å². The minimum absolute atomic E-state index is 0.331. The van der Waals surface area contributed by atoms with Crippen LogP contribution in [-0.2, 0) is 4.74 Å². The van der Waals surface area contributed by atoms with Gasteiger partial charge in [-0.05, 0) is 51.2 Å². The lowest BCUT2D eigenvalue weighted by Crippen LogP contribution is -2.40. The highest BCUT2D eigenvalue weighted by molar-refractivity contribution is 4.79. The van der Waals surface area contributed by atoms with Gasteiger partial charge in [0.2, 0.25) is 0 Å². The largest absolute Gasteiger partial charge is 0.380 e. The van der Waals surface area contributed by atoms with E-state index in [1.165, 1.54) is 19.3 Å². The number of hydrogen-bond acceptors (Lipinski definition) is 3. The number of likely N-dealkylation sites (N-methyl/N-ethyl adjacent to an activating group) is 1. The molecular formula is C15H32N2O. The van der Waals surface area contributed by atoms with Crippen LogP contribution >= 0.6 is 0 Å². The molecule has 0 radical (unpaired) electrons. The summed E-state index contributed by atoms with van der Waals surface area (Å²) >= 11 is 0. The fourth-order valence-corrected chi connectivity index (χ4v) is 2.23.